The van der Waals surface area contributed by atoms with Gasteiger partial charge in [-0.2, -0.15) is 0 Å². The molecule has 2 atom stereocenters. The molecule has 0 saturated heterocycles. The Hall–Kier alpha value is -1.10. The van der Waals surface area contributed by atoms with Crippen LogP contribution in [0.1, 0.15) is 18.2 Å². The first kappa shape index (κ1) is 11.4. The van der Waals surface area contributed by atoms with Crippen LogP contribution in [0, 0.1) is 0 Å². The largest absolute Gasteiger partial charge is 0.390 e. The van der Waals surface area contributed by atoms with Crippen LogP contribution in [0.15, 0.2) is 30.6 Å². The highest BCUT2D eigenvalue weighted by Gasteiger charge is 2.20. The van der Waals surface area contributed by atoms with Gasteiger partial charge in [-0.15, -0.1) is 11.6 Å². The summed E-state index contributed by atoms with van der Waals surface area (Å²) in [7, 11) is 0. The second kappa shape index (κ2) is 4.82. The third kappa shape index (κ3) is 2.04. The van der Waals surface area contributed by atoms with Crippen LogP contribution in [0.5, 0.6) is 0 Å². The number of aliphatic hydroxyl groups is 2. The number of nitrogens with zero attached hydrogens (tertiary/aromatic N) is 2. The summed E-state index contributed by atoms with van der Waals surface area (Å²) in [6, 6.07) is 5.55. The Morgan fingerprint density at radius 1 is 1.38 bits per heavy atom. The summed E-state index contributed by atoms with van der Waals surface area (Å²) < 4.78 is 1.75. The van der Waals surface area contributed by atoms with E-state index in [1.807, 2.05) is 18.2 Å². The molecule has 2 rings (SSSR count). The van der Waals surface area contributed by atoms with Crippen molar-refractivity contribution < 1.29 is 10.2 Å². The van der Waals surface area contributed by atoms with Crippen molar-refractivity contribution in [2.45, 2.75) is 18.6 Å². The molecule has 0 aliphatic carbocycles. The number of halogens is 1. The molecule has 0 saturated carbocycles. The molecule has 2 unspecified atom stereocenters. The van der Waals surface area contributed by atoms with Gasteiger partial charge >= 0.3 is 0 Å². The number of imidazole rings is 1. The van der Waals surface area contributed by atoms with Crippen LogP contribution in [0.4, 0.5) is 0 Å². The first-order valence-corrected chi connectivity index (χ1v) is 5.61. The van der Waals surface area contributed by atoms with Crippen molar-refractivity contribution in [2.24, 2.45) is 0 Å². The van der Waals surface area contributed by atoms with Crippen LogP contribution in [0.2, 0.25) is 0 Å². The van der Waals surface area contributed by atoms with Crippen LogP contribution in [0.3, 0.4) is 0 Å². The Balaban J connectivity index is 2.32. The summed E-state index contributed by atoms with van der Waals surface area (Å²) in [6.45, 7) is 0. The summed E-state index contributed by atoms with van der Waals surface area (Å²) in [4.78, 5) is 4.14. The van der Waals surface area contributed by atoms with E-state index in [0.29, 0.717) is 18.0 Å². The molecule has 2 N–H and O–H groups in total. The maximum absolute atomic E-state index is 9.94. The molecule has 16 heavy (non-hydrogen) atoms. The van der Waals surface area contributed by atoms with E-state index in [2.05, 4.69) is 4.98 Å². The zero-order chi connectivity index (χ0) is 11.5. The Morgan fingerprint density at radius 3 is 2.94 bits per heavy atom. The fraction of sp³-hybridized carbons (Fsp3) is 0.364. The normalized spacial score (nSPS) is 15.2. The fourth-order valence-corrected chi connectivity index (χ4v) is 1.86. The molecule has 0 radical (unpaired) electrons. The average molecular weight is 241 g/mol. The van der Waals surface area contributed by atoms with Gasteiger partial charge in [-0.1, -0.05) is 6.07 Å². The summed E-state index contributed by atoms with van der Waals surface area (Å²) in [6.07, 6.45) is 1.89. The van der Waals surface area contributed by atoms with Crippen molar-refractivity contribution in [3.63, 3.8) is 0 Å². The Labute approximate surface area is 98.1 Å². The van der Waals surface area contributed by atoms with Crippen molar-refractivity contribution in [3.8, 4) is 0 Å². The average Bonchev–Trinajstić information content (AvgIpc) is 2.72. The van der Waals surface area contributed by atoms with Gasteiger partial charge in [0.25, 0.3) is 0 Å². The Kier molecular flexibility index (Phi) is 3.43. The Morgan fingerprint density at radius 2 is 2.19 bits per heavy atom. The second-order valence-electron chi connectivity index (χ2n) is 3.60. The van der Waals surface area contributed by atoms with E-state index in [4.69, 9.17) is 11.6 Å². The van der Waals surface area contributed by atoms with Crippen molar-refractivity contribution in [1.29, 1.82) is 0 Å². The quantitative estimate of drug-likeness (QED) is 0.794. The molecule has 0 bridgehead atoms. The van der Waals surface area contributed by atoms with Gasteiger partial charge in [0.05, 0.1) is 18.0 Å². The number of fused-ring (bicyclic) bond motifs is 1. The smallest absolute Gasteiger partial charge is 0.136 e. The van der Waals surface area contributed by atoms with E-state index in [-0.39, 0.29) is 0 Å². The standard InChI is InChI=1S/C11H13ClN2O2/c12-5-4-9(15)11(16)8-7-13-10-3-1-2-6-14(8)10/h1-3,6-7,9,11,15-16H,4-5H2. The molecule has 2 aromatic rings. The molecule has 0 spiro atoms. The first-order chi connectivity index (χ1) is 7.74. The van der Waals surface area contributed by atoms with Gasteiger partial charge in [0.2, 0.25) is 0 Å². The molecule has 86 valence electrons. The number of alkyl halides is 1. The minimum Gasteiger partial charge on any atom is -0.390 e. The lowest BCUT2D eigenvalue weighted by molar-refractivity contribution is 0.0140. The third-order valence-corrected chi connectivity index (χ3v) is 2.74. The lowest BCUT2D eigenvalue weighted by atomic mass is 10.1. The molecule has 2 heterocycles. The third-order valence-electron chi connectivity index (χ3n) is 2.52. The molecule has 5 heteroatoms. The van der Waals surface area contributed by atoms with Crippen molar-refractivity contribution in [2.75, 3.05) is 5.88 Å². The summed E-state index contributed by atoms with van der Waals surface area (Å²) in [5.41, 5.74) is 1.32. The molecule has 2 aromatic heterocycles. The lowest BCUT2D eigenvalue weighted by Crippen LogP contribution is -2.20. The SMILES string of the molecule is OC(CCCl)C(O)c1cnc2ccccn12. The highest BCUT2D eigenvalue weighted by molar-refractivity contribution is 6.17. The van der Waals surface area contributed by atoms with E-state index >= 15 is 0 Å². The summed E-state index contributed by atoms with van der Waals surface area (Å²) in [5.74, 6) is 0.314. The number of rotatable bonds is 4. The lowest BCUT2D eigenvalue weighted by Gasteiger charge is -2.16. The zero-order valence-corrected chi connectivity index (χ0v) is 9.38. The van der Waals surface area contributed by atoms with Crippen molar-refractivity contribution in [3.05, 3.63) is 36.3 Å². The van der Waals surface area contributed by atoms with Crippen LogP contribution in [0.25, 0.3) is 5.65 Å². The molecular formula is C11H13ClN2O2. The molecule has 0 fully saturated rings. The molecule has 0 aromatic carbocycles. The monoisotopic (exact) mass is 240 g/mol. The van der Waals surface area contributed by atoms with Crippen LogP contribution >= 0.6 is 11.6 Å². The number of aliphatic hydroxyl groups excluding tert-OH is 2. The van der Waals surface area contributed by atoms with Gasteiger partial charge in [0.15, 0.2) is 0 Å². The molecule has 0 amide bonds. The second-order valence-corrected chi connectivity index (χ2v) is 3.98. The van der Waals surface area contributed by atoms with Crippen LogP contribution in [-0.4, -0.2) is 31.6 Å². The first-order valence-electron chi connectivity index (χ1n) is 5.08. The maximum atomic E-state index is 9.94. The fourth-order valence-electron chi connectivity index (χ4n) is 1.64. The van der Waals surface area contributed by atoms with E-state index < -0.39 is 12.2 Å². The number of hydrogen-bond donors (Lipinski definition) is 2. The van der Waals surface area contributed by atoms with Gasteiger partial charge in [0.1, 0.15) is 11.8 Å². The minimum atomic E-state index is -0.962. The van der Waals surface area contributed by atoms with Crippen molar-refractivity contribution >= 4 is 17.2 Å². The van der Waals surface area contributed by atoms with Gasteiger partial charge < -0.3 is 14.6 Å². The van der Waals surface area contributed by atoms with Gasteiger partial charge in [-0.25, -0.2) is 4.98 Å². The van der Waals surface area contributed by atoms with E-state index in [1.165, 1.54) is 0 Å². The Bertz CT molecular complexity index is 472. The van der Waals surface area contributed by atoms with Gasteiger partial charge in [0, 0.05) is 12.1 Å². The highest BCUT2D eigenvalue weighted by Crippen LogP contribution is 2.20. The molecule has 4 nitrogen and oxygen atoms in total. The predicted molar refractivity (Wildman–Crippen MR) is 61.5 cm³/mol. The summed E-state index contributed by atoms with van der Waals surface area (Å²) >= 11 is 5.53. The van der Waals surface area contributed by atoms with E-state index in [0.717, 1.165) is 5.65 Å². The molecular weight excluding hydrogens is 228 g/mol. The van der Waals surface area contributed by atoms with Crippen molar-refractivity contribution in [1.82, 2.24) is 9.38 Å². The summed E-state index contributed by atoms with van der Waals surface area (Å²) in [5, 5.41) is 19.6. The van der Waals surface area contributed by atoms with E-state index in [1.54, 1.807) is 16.8 Å². The molecule has 0 aliphatic rings. The van der Waals surface area contributed by atoms with Gasteiger partial charge in [-0.05, 0) is 18.6 Å². The van der Waals surface area contributed by atoms with Crippen LogP contribution < -0.4 is 0 Å². The number of hydrogen-bond acceptors (Lipinski definition) is 3. The zero-order valence-electron chi connectivity index (χ0n) is 8.62. The maximum Gasteiger partial charge on any atom is 0.136 e. The highest BCUT2D eigenvalue weighted by atomic mass is 35.5. The van der Waals surface area contributed by atoms with Gasteiger partial charge in [-0.3, -0.25) is 0 Å². The number of pyridine rings is 1. The van der Waals surface area contributed by atoms with E-state index in [9.17, 15) is 10.2 Å². The van der Waals surface area contributed by atoms with Crippen LogP contribution in [-0.2, 0) is 0 Å². The number of aromatic nitrogens is 2. The molecule has 0 aliphatic heterocycles. The minimum absolute atomic E-state index is 0.314. The predicted octanol–water partition coefficient (Wildman–Crippen LogP) is 1.36. The topological polar surface area (TPSA) is 57.8 Å².